The Hall–Kier alpha value is -1.55. The molecule has 0 aromatic heterocycles. The van der Waals surface area contributed by atoms with Gasteiger partial charge in [-0.3, -0.25) is 4.79 Å². The fourth-order valence-electron chi connectivity index (χ4n) is 2.50. The van der Waals surface area contributed by atoms with E-state index in [0.717, 1.165) is 17.7 Å². The van der Waals surface area contributed by atoms with Gasteiger partial charge in [-0.2, -0.15) is 0 Å². The maximum atomic E-state index is 11.9. The Balaban J connectivity index is 1.72. The van der Waals surface area contributed by atoms with Crippen molar-refractivity contribution in [3.05, 3.63) is 29.8 Å². The molecule has 17 heavy (non-hydrogen) atoms. The molecule has 2 unspecified atom stereocenters. The molecule has 2 heterocycles. The van der Waals surface area contributed by atoms with Gasteiger partial charge < -0.3 is 14.4 Å². The Morgan fingerprint density at radius 2 is 2.18 bits per heavy atom. The fourth-order valence-corrected chi connectivity index (χ4v) is 2.50. The van der Waals surface area contributed by atoms with E-state index in [4.69, 9.17) is 9.47 Å². The summed E-state index contributed by atoms with van der Waals surface area (Å²) in [4.78, 5) is 13.8. The monoisotopic (exact) mass is 233 g/mol. The van der Waals surface area contributed by atoms with E-state index in [1.165, 1.54) is 0 Å². The van der Waals surface area contributed by atoms with Crippen LogP contribution in [0.5, 0.6) is 5.75 Å². The maximum absolute atomic E-state index is 11.9. The maximum Gasteiger partial charge on any atom is 0.252 e. The van der Waals surface area contributed by atoms with Crippen molar-refractivity contribution in [1.82, 2.24) is 4.90 Å². The van der Waals surface area contributed by atoms with Gasteiger partial charge in [0.2, 0.25) is 0 Å². The SMILES string of the molecule is COc1ccc(CN2C(=O)C3CC2CO3)cc1. The molecule has 4 nitrogen and oxygen atoms in total. The average molecular weight is 233 g/mol. The molecule has 2 aliphatic heterocycles. The zero-order valence-electron chi connectivity index (χ0n) is 9.76. The minimum atomic E-state index is -0.182. The first-order valence-corrected chi connectivity index (χ1v) is 5.83. The van der Waals surface area contributed by atoms with Crippen LogP contribution in [0.4, 0.5) is 0 Å². The van der Waals surface area contributed by atoms with Gasteiger partial charge in [-0.1, -0.05) is 12.1 Å². The van der Waals surface area contributed by atoms with Crippen molar-refractivity contribution >= 4 is 5.91 Å². The highest BCUT2D eigenvalue weighted by atomic mass is 16.5. The van der Waals surface area contributed by atoms with Crippen molar-refractivity contribution in [2.45, 2.75) is 25.1 Å². The molecule has 0 N–H and O–H groups in total. The van der Waals surface area contributed by atoms with Crippen LogP contribution in [-0.2, 0) is 16.1 Å². The van der Waals surface area contributed by atoms with E-state index in [-0.39, 0.29) is 18.1 Å². The van der Waals surface area contributed by atoms with Gasteiger partial charge in [0, 0.05) is 13.0 Å². The third-order valence-corrected chi connectivity index (χ3v) is 3.49. The molecule has 2 atom stereocenters. The van der Waals surface area contributed by atoms with Crippen LogP contribution in [0, 0.1) is 0 Å². The lowest BCUT2D eigenvalue weighted by Crippen LogP contribution is -2.41. The molecule has 0 saturated carbocycles. The zero-order valence-corrected chi connectivity index (χ0v) is 9.76. The molecule has 2 aliphatic rings. The molecular weight excluding hydrogens is 218 g/mol. The molecule has 1 aromatic carbocycles. The van der Waals surface area contributed by atoms with Gasteiger partial charge in [-0.05, 0) is 17.7 Å². The Morgan fingerprint density at radius 1 is 1.41 bits per heavy atom. The standard InChI is InChI=1S/C13H15NO3/c1-16-11-4-2-9(3-5-11)7-14-10-6-12(13(14)15)17-8-10/h2-5,10,12H,6-8H2,1H3. The number of rotatable bonds is 3. The second kappa shape index (κ2) is 4.04. The van der Waals surface area contributed by atoms with Crippen molar-refractivity contribution in [2.75, 3.05) is 13.7 Å². The van der Waals surface area contributed by atoms with Crippen LogP contribution in [0.15, 0.2) is 24.3 Å². The lowest BCUT2D eigenvalue weighted by Gasteiger charge is -2.26. The number of benzene rings is 1. The highest BCUT2D eigenvalue weighted by Crippen LogP contribution is 2.30. The molecule has 2 saturated heterocycles. The van der Waals surface area contributed by atoms with Crippen LogP contribution in [-0.4, -0.2) is 36.7 Å². The fraction of sp³-hybridized carbons (Fsp3) is 0.462. The Kier molecular flexibility index (Phi) is 2.52. The largest absolute Gasteiger partial charge is 0.497 e. The molecule has 3 rings (SSSR count). The van der Waals surface area contributed by atoms with Crippen molar-refractivity contribution in [3.63, 3.8) is 0 Å². The van der Waals surface area contributed by atoms with Crippen LogP contribution in [0.1, 0.15) is 12.0 Å². The van der Waals surface area contributed by atoms with E-state index in [1.807, 2.05) is 29.2 Å². The number of hydrogen-bond donors (Lipinski definition) is 0. The van der Waals surface area contributed by atoms with Crippen molar-refractivity contribution in [2.24, 2.45) is 0 Å². The normalized spacial score (nSPS) is 26.6. The van der Waals surface area contributed by atoms with Crippen LogP contribution in [0.3, 0.4) is 0 Å². The number of carbonyl (C=O) groups excluding carboxylic acids is 1. The summed E-state index contributed by atoms with van der Waals surface area (Å²) in [6, 6.07) is 8.11. The van der Waals surface area contributed by atoms with Crippen LogP contribution < -0.4 is 4.74 Å². The van der Waals surface area contributed by atoms with Crippen molar-refractivity contribution in [1.29, 1.82) is 0 Å². The highest BCUT2D eigenvalue weighted by Gasteiger charge is 2.45. The van der Waals surface area contributed by atoms with E-state index in [9.17, 15) is 4.79 Å². The predicted octanol–water partition coefficient (Wildman–Crippen LogP) is 1.19. The van der Waals surface area contributed by atoms with Gasteiger partial charge >= 0.3 is 0 Å². The number of nitrogens with zero attached hydrogens (tertiary/aromatic N) is 1. The summed E-state index contributed by atoms with van der Waals surface area (Å²) >= 11 is 0. The third-order valence-electron chi connectivity index (χ3n) is 3.49. The summed E-state index contributed by atoms with van der Waals surface area (Å²) < 4.78 is 10.5. The van der Waals surface area contributed by atoms with E-state index >= 15 is 0 Å². The molecule has 1 amide bonds. The van der Waals surface area contributed by atoms with Gasteiger partial charge in [0.25, 0.3) is 5.91 Å². The summed E-state index contributed by atoms with van der Waals surface area (Å²) in [6.45, 7) is 1.36. The van der Waals surface area contributed by atoms with E-state index in [1.54, 1.807) is 7.11 Å². The number of methoxy groups -OCH3 is 1. The number of hydrogen-bond acceptors (Lipinski definition) is 3. The first-order chi connectivity index (χ1) is 8.28. The molecule has 1 aromatic rings. The van der Waals surface area contributed by atoms with Gasteiger partial charge in [-0.25, -0.2) is 0 Å². The zero-order chi connectivity index (χ0) is 11.8. The van der Waals surface area contributed by atoms with Gasteiger partial charge in [0.1, 0.15) is 11.9 Å². The molecule has 2 bridgehead atoms. The first-order valence-electron chi connectivity index (χ1n) is 5.83. The smallest absolute Gasteiger partial charge is 0.252 e. The highest BCUT2D eigenvalue weighted by molar-refractivity contribution is 5.84. The van der Waals surface area contributed by atoms with Crippen molar-refractivity contribution in [3.8, 4) is 5.75 Å². The van der Waals surface area contributed by atoms with Gasteiger partial charge in [0.15, 0.2) is 0 Å². The van der Waals surface area contributed by atoms with Crippen molar-refractivity contribution < 1.29 is 14.3 Å². The third kappa shape index (κ3) is 1.78. The Labute approximate surface area is 100 Å². The number of likely N-dealkylation sites (tertiary alicyclic amines) is 1. The summed E-state index contributed by atoms with van der Waals surface area (Å²) in [5, 5.41) is 0. The van der Waals surface area contributed by atoms with Gasteiger partial charge in [0.05, 0.1) is 19.8 Å². The number of ether oxygens (including phenoxy) is 2. The average Bonchev–Trinajstić information content (AvgIpc) is 2.94. The molecule has 4 heteroatoms. The van der Waals surface area contributed by atoms with Crippen LogP contribution in [0.25, 0.3) is 0 Å². The molecule has 0 radical (unpaired) electrons. The molecule has 90 valence electrons. The number of carbonyl (C=O) groups is 1. The van der Waals surface area contributed by atoms with E-state index in [2.05, 4.69) is 0 Å². The summed E-state index contributed by atoms with van der Waals surface area (Å²) in [7, 11) is 1.65. The quantitative estimate of drug-likeness (QED) is 0.787. The Morgan fingerprint density at radius 3 is 2.76 bits per heavy atom. The number of amides is 1. The van der Waals surface area contributed by atoms with Crippen LogP contribution in [0.2, 0.25) is 0 Å². The first kappa shape index (κ1) is 10.6. The van der Waals surface area contributed by atoms with Gasteiger partial charge in [-0.15, -0.1) is 0 Å². The topological polar surface area (TPSA) is 38.8 Å². The number of fused-ring (bicyclic) bond motifs is 2. The van der Waals surface area contributed by atoms with E-state index in [0.29, 0.717) is 13.2 Å². The number of morpholine rings is 1. The van der Waals surface area contributed by atoms with E-state index < -0.39 is 0 Å². The Bertz CT molecular complexity index is 429. The summed E-state index contributed by atoms with van der Waals surface area (Å²) in [5.41, 5.74) is 1.13. The summed E-state index contributed by atoms with van der Waals surface area (Å²) in [5.74, 6) is 0.975. The molecule has 0 aliphatic carbocycles. The molecule has 0 spiro atoms. The molecular formula is C13H15NO3. The predicted molar refractivity (Wildman–Crippen MR) is 61.7 cm³/mol. The molecule has 2 fully saturated rings. The lowest BCUT2D eigenvalue weighted by molar-refractivity contribution is -0.144. The van der Waals surface area contributed by atoms with Crippen LogP contribution >= 0.6 is 0 Å². The second-order valence-electron chi connectivity index (χ2n) is 4.53. The summed E-state index contributed by atoms with van der Waals surface area (Å²) in [6.07, 6.45) is 0.674. The lowest BCUT2D eigenvalue weighted by atomic mass is 10.2. The second-order valence-corrected chi connectivity index (χ2v) is 4.53. The minimum absolute atomic E-state index is 0.136. The minimum Gasteiger partial charge on any atom is -0.497 e.